The molecule has 0 unspecified atom stereocenters. The van der Waals surface area contributed by atoms with Gasteiger partial charge in [0.05, 0.1) is 19.4 Å². The van der Waals surface area contributed by atoms with Crippen molar-refractivity contribution in [3.63, 3.8) is 0 Å². The fourth-order valence-corrected chi connectivity index (χ4v) is 4.25. The third-order valence-electron chi connectivity index (χ3n) is 6.30. The van der Waals surface area contributed by atoms with Gasteiger partial charge in [0.15, 0.2) is 17.2 Å². The molecular formula is C25H26N6O3. The van der Waals surface area contributed by atoms with E-state index >= 15 is 0 Å². The van der Waals surface area contributed by atoms with E-state index in [-0.39, 0.29) is 11.9 Å². The average Bonchev–Trinajstić information content (AvgIpc) is 3.40. The minimum atomic E-state index is -0.201. The number of carbonyl (C=O) groups excluding carboxylic acids is 1. The number of amides is 1. The number of aryl methyl sites for hydroxylation is 2. The van der Waals surface area contributed by atoms with Gasteiger partial charge in [-0.1, -0.05) is 29.8 Å². The highest BCUT2D eigenvalue weighted by Crippen LogP contribution is 2.33. The Bertz CT molecular complexity index is 1380. The zero-order valence-electron chi connectivity index (χ0n) is 19.2. The van der Waals surface area contributed by atoms with Gasteiger partial charge in [0.25, 0.3) is 11.9 Å². The molecule has 1 saturated carbocycles. The van der Waals surface area contributed by atoms with E-state index in [0.717, 1.165) is 24.0 Å². The Morgan fingerprint density at radius 3 is 2.71 bits per heavy atom. The van der Waals surface area contributed by atoms with E-state index in [9.17, 15) is 4.79 Å². The molecule has 1 amide bonds. The number of ether oxygens (including phenoxy) is 1. The van der Waals surface area contributed by atoms with Gasteiger partial charge in [-0.15, -0.1) is 0 Å². The smallest absolute Gasteiger partial charge is 0.287 e. The Morgan fingerprint density at radius 2 is 1.94 bits per heavy atom. The molecule has 1 aliphatic carbocycles. The molecule has 34 heavy (non-hydrogen) atoms. The first-order valence-electron chi connectivity index (χ1n) is 11.6. The Balaban J connectivity index is 1.45. The van der Waals surface area contributed by atoms with Crippen LogP contribution in [0.1, 0.15) is 34.5 Å². The molecule has 174 valence electrons. The van der Waals surface area contributed by atoms with E-state index in [1.807, 2.05) is 25.4 Å². The van der Waals surface area contributed by atoms with Gasteiger partial charge in [-0.25, -0.2) is 9.67 Å². The van der Waals surface area contributed by atoms with Crippen LogP contribution in [0, 0.1) is 13.8 Å². The summed E-state index contributed by atoms with van der Waals surface area (Å²) < 4.78 is 13.3. The van der Waals surface area contributed by atoms with Crippen molar-refractivity contribution in [2.75, 3.05) is 31.2 Å². The Labute approximate surface area is 196 Å². The van der Waals surface area contributed by atoms with Crippen LogP contribution in [-0.2, 0) is 4.74 Å². The lowest BCUT2D eigenvalue weighted by Gasteiger charge is -2.27. The lowest BCUT2D eigenvalue weighted by atomic mass is 10.1. The highest BCUT2D eigenvalue weighted by Gasteiger charge is 2.29. The third-order valence-corrected chi connectivity index (χ3v) is 6.30. The molecule has 2 fully saturated rings. The topological polar surface area (TPSA) is 98.3 Å². The van der Waals surface area contributed by atoms with Gasteiger partial charge < -0.3 is 19.4 Å². The van der Waals surface area contributed by atoms with Crippen molar-refractivity contribution in [1.82, 2.24) is 25.1 Å². The summed E-state index contributed by atoms with van der Waals surface area (Å²) in [6, 6.07) is 8.52. The summed E-state index contributed by atoms with van der Waals surface area (Å²) in [5, 5.41) is 7.55. The largest absolute Gasteiger partial charge is 0.445 e. The first-order valence-corrected chi connectivity index (χ1v) is 11.6. The highest BCUT2D eigenvalue weighted by molar-refractivity contribution is 6.00. The van der Waals surface area contributed by atoms with Crippen molar-refractivity contribution in [3.8, 4) is 17.1 Å². The number of hydrogen-bond donors (Lipinski definition) is 1. The number of nitrogens with one attached hydrogen (secondary N) is 1. The SMILES string of the molecule is Cc1cccc(-c2cnn(-c3nc(N4CCOCC4)c4oc(C(=O)NC5CC5)c(C)c4n3)c2)c1. The zero-order valence-corrected chi connectivity index (χ0v) is 19.2. The quantitative estimate of drug-likeness (QED) is 0.489. The molecular weight excluding hydrogens is 432 g/mol. The van der Waals surface area contributed by atoms with Crippen LogP contribution in [0.25, 0.3) is 28.2 Å². The van der Waals surface area contributed by atoms with Crippen LogP contribution < -0.4 is 10.2 Å². The van der Waals surface area contributed by atoms with Gasteiger partial charge in [0.2, 0.25) is 0 Å². The minimum absolute atomic E-state index is 0.201. The predicted octanol–water partition coefficient (Wildman–Crippen LogP) is 3.42. The van der Waals surface area contributed by atoms with E-state index in [2.05, 4.69) is 40.4 Å². The molecule has 1 N–H and O–H groups in total. The number of fused-ring (bicyclic) bond motifs is 1. The highest BCUT2D eigenvalue weighted by atomic mass is 16.5. The molecule has 0 radical (unpaired) electrons. The summed E-state index contributed by atoms with van der Waals surface area (Å²) in [7, 11) is 0. The number of nitrogens with zero attached hydrogens (tertiary/aromatic N) is 5. The summed E-state index contributed by atoms with van der Waals surface area (Å²) in [6.07, 6.45) is 5.76. The molecule has 1 aromatic carbocycles. The van der Waals surface area contributed by atoms with Gasteiger partial charge in [0, 0.05) is 36.5 Å². The van der Waals surface area contributed by atoms with Crippen LogP contribution in [0.2, 0.25) is 0 Å². The Hall–Kier alpha value is -3.72. The number of aromatic nitrogens is 4. The summed E-state index contributed by atoms with van der Waals surface area (Å²) in [5.41, 5.74) is 5.10. The average molecular weight is 459 g/mol. The van der Waals surface area contributed by atoms with Crippen LogP contribution in [0.4, 0.5) is 5.82 Å². The number of anilines is 1. The van der Waals surface area contributed by atoms with Gasteiger partial charge in [0.1, 0.15) is 5.52 Å². The standard InChI is InChI=1S/C25H26N6O3/c1-15-4-3-5-17(12-15)18-13-26-31(14-18)25-28-20-16(2)21(24(32)27-19-6-7-19)34-22(20)23(29-25)30-8-10-33-11-9-30/h3-5,12-14,19H,6-11H2,1-2H3,(H,27,32). The third kappa shape index (κ3) is 3.81. The maximum atomic E-state index is 12.8. The normalized spacial score (nSPS) is 16.2. The first kappa shape index (κ1) is 20.9. The molecule has 9 heteroatoms. The number of morpholine rings is 1. The fourth-order valence-electron chi connectivity index (χ4n) is 4.25. The van der Waals surface area contributed by atoms with Crippen molar-refractivity contribution >= 4 is 22.8 Å². The monoisotopic (exact) mass is 458 g/mol. The van der Waals surface area contributed by atoms with E-state index in [1.54, 1.807) is 4.68 Å². The second-order valence-electron chi connectivity index (χ2n) is 8.97. The molecule has 4 heterocycles. The van der Waals surface area contributed by atoms with E-state index in [4.69, 9.17) is 19.1 Å². The number of hydrogen-bond acceptors (Lipinski definition) is 7. The van der Waals surface area contributed by atoms with Crippen LogP contribution in [0.15, 0.2) is 41.1 Å². The van der Waals surface area contributed by atoms with Crippen molar-refractivity contribution in [1.29, 1.82) is 0 Å². The van der Waals surface area contributed by atoms with Crippen LogP contribution in [0.3, 0.4) is 0 Å². The second kappa shape index (κ2) is 8.25. The van der Waals surface area contributed by atoms with Gasteiger partial charge in [-0.2, -0.15) is 10.1 Å². The first-order chi connectivity index (χ1) is 16.6. The zero-order chi connectivity index (χ0) is 23.2. The van der Waals surface area contributed by atoms with Crippen LogP contribution in [0.5, 0.6) is 0 Å². The van der Waals surface area contributed by atoms with E-state index < -0.39 is 0 Å². The molecule has 1 saturated heterocycles. The summed E-state index contributed by atoms with van der Waals surface area (Å²) in [5.74, 6) is 1.19. The summed E-state index contributed by atoms with van der Waals surface area (Å²) in [6.45, 7) is 6.52. The van der Waals surface area contributed by atoms with Gasteiger partial charge >= 0.3 is 0 Å². The molecule has 2 aliphatic rings. The molecule has 6 rings (SSSR count). The molecule has 1 aliphatic heterocycles. The number of rotatable bonds is 5. The van der Waals surface area contributed by atoms with Gasteiger partial charge in [-0.05, 0) is 32.3 Å². The van der Waals surface area contributed by atoms with Gasteiger partial charge in [-0.3, -0.25) is 4.79 Å². The lowest BCUT2D eigenvalue weighted by Crippen LogP contribution is -2.37. The van der Waals surface area contributed by atoms with Crippen LogP contribution in [-0.4, -0.2) is 58.0 Å². The Kier molecular flexibility index (Phi) is 5.06. The lowest BCUT2D eigenvalue weighted by molar-refractivity contribution is 0.0924. The van der Waals surface area contributed by atoms with Crippen molar-refractivity contribution in [2.24, 2.45) is 0 Å². The van der Waals surface area contributed by atoms with Crippen molar-refractivity contribution < 1.29 is 13.9 Å². The molecule has 0 spiro atoms. The number of carbonyl (C=O) groups is 1. The molecule has 4 aromatic rings. The second-order valence-corrected chi connectivity index (χ2v) is 8.97. The fraction of sp³-hybridized carbons (Fsp3) is 0.360. The van der Waals surface area contributed by atoms with Crippen molar-refractivity contribution in [2.45, 2.75) is 32.7 Å². The molecule has 3 aromatic heterocycles. The van der Waals surface area contributed by atoms with Crippen LogP contribution >= 0.6 is 0 Å². The summed E-state index contributed by atoms with van der Waals surface area (Å²) >= 11 is 0. The van der Waals surface area contributed by atoms with E-state index in [1.165, 1.54) is 5.56 Å². The predicted molar refractivity (Wildman–Crippen MR) is 127 cm³/mol. The minimum Gasteiger partial charge on any atom is -0.445 e. The molecule has 0 bridgehead atoms. The maximum absolute atomic E-state index is 12.8. The maximum Gasteiger partial charge on any atom is 0.287 e. The Morgan fingerprint density at radius 1 is 1.12 bits per heavy atom. The van der Waals surface area contributed by atoms with Crippen molar-refractivity contribution in [3.05, 3.63) is 53.5 Å². The van der Waals surface area contributed by atoms with E-state index in [0.29, 0.717) is 60.5 Å². The molecule has 9 nitrogen and oxygen atoms in total. The molecule has 0 atom stereocenters. The summed E-state index contributed by atoms with van der Waals surface area (Å²) in [4.78, 5) is 24.6. The number of furan rings is 1. The number of benzene rings is 1.